The summed E-state index contributed by atoms with van der Waals surface area (Å²) in [5.41, 5.74) is 0. The maximum Gasteiger partial charge on any atom is 0.321 e. The van der Waals surface area contributed by atoms with Crippen LogP contribution in [0.3, 0.4) is 0 Å². The van der Waals surface area contributed by atoms with Gasteiger partial charge in [0.25, 0.3) is 0 Å². The van der Waals surface area contributed by atoms with Crippen molar-refractivity contribution in [1.29, 1.82) is 0 Å². The average molecular weight is 476 g/mol. The highest BCUT2D eigenvalue weighted by molar-refractivity contribution is 7.99. The summed E-state index contributed by atoms with van der Waals surface area (Å²) in [6.07, 6.45) is 5.01. The van der Waals surface area contributed by atoms with Gasteiger partial charge in [0.05, 0.1) is 5.75 Å². The summed E-state index contributed by atoms with van der Waals surface area (Å²) in [6, 6.07) is 5.88. The first kappa shape index (κ1) is 23.5. The van der Waals surface area contributed by atoms with Crippen LogP contribution in [0.15, 0.2) is 29.4 Å². The van der Waals surface area contributed by atoms with Crippen LogP contribution < -0.4 is 15.4 Å². The van der Waals surface area contributed by atoms with Crippen molar-refractivity contribution in [2.24, 2.45) is 17.8 Å². The molecule has 0 saturated heterocycles. The molecule has 1 aromatic carbocycles. The Kier molecular flexibility index (Phi) is 7.52. The van der Waals surface area contributed by atoms with Crippen LogP contribution in [0.1, 0.15) is 51.4 Å². The lowest BCUT2D eigenvalue weighted by Gasteiger charge is -2.30. The van der Waals surface area contributed by atoms with Crippen molar-refractivity contribution in [3.05, 3.63) is 35.9 Å². The number of thioether (sulfide) groups is 1. The topological polar surface area (TPSA) is 98.1 Å². The molecule has 4 atom stereocenters. The zero-order valence-electron chi connectivity index (χ0n) is 18.9. The molecule has 4 unspecified atom stereocenters. The van der Waals surface area contributed by atoms with Gasteiger partial charge >= 0.3 is 6.03 Å². The Bertz CT molecular complexity index is 1000. The van der Waals surface area contributed by atoms with Gasteiger partial charge in [0.15, 0.2) is 22.5 Å². The molecule has 0 aliphatic heterocycles. The van der Waals surface area contributed by atoms with Crippen molar-refractivity contribution in [2.75, 3.05) is 12.3 Å². The number of ether oxygens (including phenoxy) is 1. The Hall–Kier alpha value is -2.62. The second kappa shape index (κ2) is 10.5. The first-order chi connectivity index (χ1) is 16.0. The number of nitrogens with one attached hydrogen (secondary N) is 2. The molecule has 1 aromatic heterocycles. The van der Waals surface area contributed by atoms with Crippen molar-refractivity contribution < 1.29 is 18.7 Å². The second-order valence-corrected chi connectivity index (χ2v) is 9.71. The molecule has 2 fully saturated rings. The van der Waals surface area contributed by atoms with Gasteiger partial charge in [-0.2, -0.15) is 0 Å². The van der Waals surface area contributed by atoms with Crippen molar-refractivity contribution in [3.8, 4) is 5.75 Å². The zero-order chi connectivity index (χ0) is 23.4. The Morgan fingerprint density at radius 2 is 2.09 bits per heavy atom. The van der Waals surface area contributed by atoms with Gasteiger partial charge in [0, 0.05) is 12.6 Å². The predicted octanol–water partition coefficient (Wildman–Crippen LogP) is 3.93. The van der Waals surface area contributed by atoms with E-state index in [2.05, 4.69) is 27.8 Å². The van der Waals surface area contributed by atoms with E-state index in [1.165, 1.54) is 43.5 Å². The molecule has 2 aromatic rings. The van der Waals surface area contributed by atoms with Crippen LogP contribution in [-0.4, -0.2) is 39.0 Å². The fourth-order valence-corrected chi connectivity index (χ4v) is 6.03. The minimum Gasteiger partial charge on any atom is -0.483 e. The number of carbonyl (C=O) groups is 2. The summed E-state index contributed by atoms with van der Waals surface area (Å²) in [5.74, 6) is 1.94. The summed E-state index contributed by atoms with van der Waals surface area (Å²) in [5, 5.41) is 14.1. The van der Waals surface area contributed by atoms with Crippen LogP contribution in [-0.2, 0) is 11.4 Å². The molecule has 3 amide bonds. The number of aromatic nitrogens is 3. The molecular formula is C23H30FN5O3S. The van der Waals surface area contributed by atoms with Crippen molar-refractivity contribution >= 4 is 23.7 Å². The van der Waals surface area contributed by atoms with E-state index in [9.17, 15) is 14.0 Å². The third-order valence-electron chi connectivity index (χ3n) is 6.67. The van der Waals surface area contributed by atoms with E-state index in [1.54, 1.807) is 25.1 Å². The van der Waals surface area contributed by atoms with E-state index >= 15 is 0 Å². The number of para-hydroxylation sites is 1. The molecule has 2 bridgehead atoms. The molecule has 2 aliphatic rings. The highest BCUT2D eigenvalue weighted by Gasteiger charge is 2.43. The number of nitrogens with zero attached hydrogens (tertiary/aromatic N) is 3. The normalized spacial score (nSPS) is 22.2. The first-order valence-corrected chi connectivity index (χ1v) is 12.5. The Morgan fingerprint density at radius 1 is 1.27 bits per heavy atom. The molecule has 8 nitrogen and oxygen atoms in total. The molecule has 2 N–H and O–H groups in total. The van der Waals surface area contributed by atoms with Crippen LogP contribution in [0.2, 0.25) is 0 Å². The summed E-state index contributed by atoms with van der Waals surface area (Å²) < 4.78 is 21.8. The van der Waals surface area contributed by atoms with Crippen molar-refractivity contribution in [1.82, 2.24) is 25.4 Å². The zero-order valence-corrected chi connectivity index (χ0v) is 19.7. The van der Waals surface area contributed by atoms with Gasteiger partial charge < -0.3 is 10.1 Å². The SMILES string of the molecule is CCNC(=O)NC(=O)CSc1nnc(COc2ccccc2F)n1C(C)C1CC2CCC1C2. The number of hydrogen-bond acceptors (Lipinski definition) is 6. The smallest absolute Gasteiger partial charge is 0.321 e. The van der Waals surface area contributed by atoms with Gasteiger partial charge in [0.2, 0.25) is 5.91 Å². The van der Waals surface area contributed by atoms with Gasteiger partial charge in [-0.15, -0.1) is 10.2 Å². The number of fused-ring (bicyclic) bond motifs is 2. The lowest BCUT2D eigenvalue weighted by molar-refractivity contribution is -0.117. The molecule has 0 radical (unpaired) electrons. The highest BCUT2D eigenvalue weighted by atomic mass is 32.2. The Balaban J connectivity index is 1.50. The van der Waals surface area contributed by atoms with Crippen LogP contribution in [0.25, 0.3) is 0 Å². The maximum atomic E-state index is 14.0. The molecule has 10 heteroatoms. The second-order valence-electron chi connectivity index (χ2n) is 8.76. The van der Waals surface area contributed by atoms with Gasteiger partial charge in [-0.1, -0.05) is 30.3 Å². The molecule has 4 rings (SSSR count). The molecule has 1 heterocycles. The van der Waals surface area contributed by atoms with E-state index in [1.807, 2.05) is 4.57 Å². The van der Waals surface area contributed by atoms with Crippen molar-refractivity contribution in [3.63, 3.8) is 0 Å². The number of halogens is 1. The monoisotopic (exact) mass is 475 g/mol. The molecule has 2 aliphatic carbocycles. The molecular weight excluding hydrogens is 445 g/mol. The minimum atomic E-state index is -0.515. The number of urea groups is 1. The lowest BCUT2D eigenvalue weighted by atomic mass is 9.84. The van der Waals surface area contributed by atoms with E-state index in [-0.39, 0.29) is 24.2 Å². The van der Waals surface area contributed by atoms with Gasteiger partial charge in [-0.3, -0.25) is 14.7 Å². The average Bonchev–Trinajstić information content (AvgIpc) is 3.52. The minimum absolute atomic E-state index is 0.0346. The largest absolute Gasteiger partial charge is 0.483 e. The lowest BCUT2D eigenvalue weighted by Crippen LogP contribution is -2.40. The van der Waals surface area contributed by atoms with Gasteiger partial charge in [-0.25, -0.2) is 9.18 Å². The molecule has 2 saturated carbocycles. The van der Waals surface area contributed by atoms with Crippen molar-refractivity contribution in [2.45, 2.75) is 57.3 Å². The fourth-order valence-electron chi connectivity index (χ4n) is 5.19. The van der Waals surface area contributed by atoms with Gasteiger partial charge in [-0.05, 0) is 63.0 Å². The first-order valence-electron chi connectivity index (χ1n) is 11.5. The number of carbonyl (C=O) groups excluding carboxylic acids is 2. The molecule has 0 spiro atoms. The summed E-state index contributed by atoms with van der Waals surface area (Å²) in [6.45, 7) is 4.46. The number of imide groups is 1. The highest BCUT2D eigenvalue weighted by Crippen LogP contribution is 2.52. The van der Waals surface area contributed by atoms with Crippen LogP contribution >= 0.6 is 11.8 Å². The maximum absolute atomic E-state index is 14.0. The summed E-state index contributed by atoms with van der Waals surface area (Å²) in [7, 11) is 0. The quantitative estimate of drug-likeness (QED) is 0.533. The third-order valence-corrected chi connectivity index (χ3v) is 7.61. The number of benzene rings is 1. The van der Waals surface area contributed by atoms with Crippen LogP contribution in [0.4, 0.5) is 9.18 Å². The van der Waals surface area contributed by atoms with E-state index in [0.29, 0.717) is 29.4 Å². The number of amides is 3. The van der Waals surface area contributed by atoms with E-state index in [4.69, 9.17) is 4.74 Å². The fraction of sp³-hybridized carbons (Fsp3) is 0.565. The number of rotatable bonds is 9. The standard InChI is InChI=1S/C23H30FN5O3S/c1-3-25-22(31)26-21(30)13-33-23-28-27-20(12-32-19-7-5-4-6-18(19)24)29(23)14(2)17-11-15-8-9-16(17)10-15/h4-7,14-17H,3,8-13H2,1-2H3,(H2,25,26,30,31). The summed E-state index contributed by atoms with van der Waals surface area (Å²) in [4.78, 5) is 23.8. The van der Waals surface area contributed by atoms with Gasteiger partial charge in [0.1, 0.15) is 6.61 Å². The molecule has 33 heavy (non-hydrogen) atoms. The third kappa shape index (κ3) is 5.48. The summed E-state index contributed by atoms with van der Waals surface area (Å²) >= 11 is 1.24. The van der Waals surface area contributed by atoms with E-state index < -0.39 is 17.8 Å². The predicted molar refractivity (Wildman–Crippen MR) is 122 cm³/mol. The van der Waals surface area contributed by atoms with Crippen LogP contribution in [0, 0.1) is 23.6 Å². The van der Waals surface area contributed by atoms with E-state index in [0.717, 1.165) is 5.92 Å². The number of hydrogen-bond donors (Lipinski definition) is 2. The van der Waals surface area contributed by atoms with Crippen LogP contribution in [0.5, 0.6) is 5.75 Å². The molecule has 178 valence electrons. The Labute approximate surface area is 197 Å². The Morgan fingerprint density at radius 3 is 2.79 bits per heavy atom.